The van der Waals surface area contributed by atoms with Gasteiger partial charge in [-0.15, -0.1) is 0 Å². The van der Waals surface area contributed by atoms with Gasteiger partial charge in [-0.25, -0.2) is 0 Å². The van der Waals surface area contributed by atoms with Crippen LogP contribution >= 0.6 is 0 Å². The van der Waals surface area contributed by atoms with E-state index in [0.29, 0.717) is 36.8 Å². The fourth-order valence-electron chi connectivity index (χ4n) is 4.94. The van der Waals surface area contributed by atoms with E-state index >= 15 is 0 Å². The van der Waals surface area contributed by atoms with Crippen LogP contribution in [0.25, 0.3) is 0 Å². The number of allylic oxidation sites excluding steroid dienone is 1. The molecule has 3 rings (SSSR count). The lowest BCUT2D eigenvalue weighted by Gasteiger charge is -2.42. The number of aliphatic imine (C=N–C) groups is 1. The lowest BCUT2D eigenvalue weighted by Crippen LogP contribution is -2.48. The van der Waals surface area contributed by atoms with E-state index in [-0.39, 0.29) is 29.5 Å². The summed E-state index contributed by atoms with van der Waals surface area (Å²) in [5.41, 5.74) is 5.76. The number of hydrogen-bond acceptors (Lipinski definition) is 5. The number of nitrogens with zero attached hydrogens (tertiary/aromatic N) is 2. The Bertz CT molecular complexity index is 989. The lowest BCUT2D eigenvalue weighted by molar-refractivity contribution is -0.152. The first-order valence-corrected chi connectivity index (χ1v) is 11.7. The van der Waals surface area contributed by atoms with Crippen molar-refractivity contribution in [1.82, 2.24) is 4.90 Å². The van der Waals surface area contributed by atoms with E-state index in [0.717, 1.165) is 19.8 Å². The summed E-state index contributed by atoms with van der Waals surface area (Å²) in [7, 11) is 1.34. The number of hydrogen-bond donors (Lipinski definition) is 1. The van der Waals surface area contributed by atoms with E-state index in [2.05, 4.69) is 11.7 Å². The van der Waals surface area contributed by atoms with Gasteiger partial charge in [-0.1, -0.05) is 12.1 Å². The lowest BCUT2D eigenvalue weighted by atomic mass is 9.67. The monoisotopic (exact) mass is 491 g/mol. The molecule has 0 aromatic heterocycles. The minimum Gasteiger partial charge on any atom is -0.468 e. The smallest absolute Gasteiger partial charge is 0.395 e. The van der Waals surface area contributed by atoms with Crippen LogP contribution < -0.4 is 5.73 Å². The zero-order valence-electron chi connectivity index (χ0n) is 20.1. The highest BCUT2D eigenvalue weighted by Crippen LogP contribution is 2.47. The zero-order valence-corrected chi connectivity index (χ0v) is 20.1. The molecule has 2 saturated carbocycles. The maximum atomic E-state index is 13.4. The summed E-state index contributed by atoms with van der Waals surface area (Å²) in [6, 6.07) is 5.69. The molecular formula is C26H32F3N3O3. The average molecular weight is 492 g/mol. The van der Waals surface area contributed by atoms with Crippen molar-refractivity contribution in [3.8, 4) is 0 Å². The summed E-state index contributed by atoms with van der Waals surface area (Å²) < 4.78 is 44.3. The number of nitrogens with two attached hydrogens (primary N) is 1. The molecule has 6 nitrogen and oxygen atoms in total. The number of halogens is 3. The minimum absolute atomic E-state index is 0.0960. The van der Waals surface area contributed by atoms with Crippen LogP contribution in [0.4, 0.5) is 13.2 Å². The number of carbonyl (C=O) groups excluding carboxylic acids is 2. The Morgan fingerprint density at radius 1 is 1.17 bits per heavy atom. The highest BCUT2D eigenvalue weighted by molar-refractivity contribution is 5.95. The van der Waals surface area contributed by atoms with Crippen molar-refractivity contribution in [1.29, 1.82) is 0 Å². The van der Waals surface area contributed by atoms with E-state index in [1.54, 1.807) is 6.08 Å². The fraction of sp³-hybridized carbons (Fsp3) is 0.500. The second kappa shape index (κ2) is 10.7. The van der Waals surface area contributed by atoms with Crippen LogP contribution in [0.5, 0.6) is 0 Å². The second-order valence-corrected chi connectivity index (χ2v) is 9.26. The summed E-state index contributed by atoms with van der Waals surface area (Å²) in [6.07, 6.45) is 3.91. The molecule has 1 amide bonds. The Balaban J connectivity index is 1.81. The van der Waals surface area contributed by atoms with Gasteiger partial charge in [-0.3, -0.25) is 14.6 Å². The van der Waals surface area contributed by atoms with E-state index in [1.165, 1.54) is 43.8 Å². The van der Waals surface area contributed by atoms with Gasteiger partial charge in [0.05, 0.1) is 18.4 Å². The summed E-state index contributed by atoms with van der Waals surface area (Å²) in [4.78, 5) is 32.0. The Labute approximate surface area is 203 Å². The Kier molecular flexibility index (Phi) is 8.07. The number of methoxy groups -OCH3 is 1. The van der Waals surface area contributed by atoms with Crippen LogP contribution in [0.15, 0.2) is 53.3 Å². The normalized spacial score (nSPS) is 24.1. The number of esters is 1. The van der Waals surface area contributed by atoms with Crippen LogP contribution in [0.3, 0.4) is 0 Å². The first kappa shape index (κ1) is 26.5. The van der Waals surface area contributed by atoms with Gasteiger partial charge in [0.15, 0.2) is 0 Å². The van der Waals surface area contributed by atoms with Crippen molar-refractivity contribution < 1.29 is 27.5 Å². The van der Waals surface area contributed by atoms with E-state index in [4.69, 9.17) is 10.5 Å². The van der Waals surface area contributed by atoms with Crippen molar-refractivity contribution in [2.24, 2.45) is 16.1 Å². The number of alkyl halides is 3. The van der Waals surface area contributed by atoms with Crippen LogP contribution in [-0.4, -0.2) is 48.9 Å². The molecule has 0 unspecified atom stereocenters. The number of carbonyl (C=O) groups is 2. The summed E-state index contributed by atoms with van der Waals surface area (Å²) in [5.74, 6) is -2.19. The molecule has 0 bridgehead atoms. The molecular weight excluding hydrogens is 459 g/mol. The van der Waals surface area contributed by atoms with E-state index in [1.807, 2.05) is 4.90 Å². The second-order valence-electron chi connectivity index (χ2n) is 9.26. The van der Waals surface area contributed by atoms with Crippen LogP contribution in [0, 0.1) is 5.41 Å². The van der Waals surface area contributed by atoms with Crippen molar-refractivity contribution in [2.45, 2.75) is 69.6 Å². The molecule has 0 spiro atoms. The summed E-state index contributed by atoms with van der Waals surface area (Å²) in [6.45, 7) is 4.59. The molecule has 1 atom stereocenters. The van der Waals surface area contributed by atoms with E-state index < -0.39 is 17.5 Å². The molecule has 0 aliphatic heterocycles. The predicted molar refractivity (Wildman–Crippen MR) is 128 cm³/mol. The molecule has 2 fully saturated rings. The number of rotatable bonds is 8. The van der Waals surface area contributed by atoms with Gasteiger partial charge >= 0.3 is 12.1 Å². The molecule has 35 heavy (non-hydrogen) atoms. The number of amides is 1. The molecule has 1 aromatic carbocycles. The highest BCUT2D eigenvalue weighted by Gasteiger charge is 2.48. The summed E-state index contributed by atoms with van der Waals surface area (Å²) >= 11 is 0. The van der Waals surface area contributed by atoms with Crippen LogP contribution in [0.1, 0.15) is 67.3 Å². The van der Waals surface area contributed by atoms with Gasteiger partial charge in [-0.2, -0.15) is 13.2 Å². The van der Waals surface area contributed by atoms with Crippen molar-refractivity contribution >= 4 is 18.6 Å². The number of benzene rings is 1. The van der Waals surface area contributed by atoms with Crippen molar-refractivity contribution in [2.75, 3.05) is 7.11 Å². The third-order valence-electron chi connectivity index (χ3n) is 7.16. The first-order chi connectivity index (χ1) is 16.6. The first-order valence-electron chi connectivity index (χ1n) is 11.7. The summed E-state index contributed by atoms with van der Waals surface area (Å²) in [5, 5.41) is 0. The molecule has 0 heterocycles. The van der Waals surface area contributed by atoms with Crippen molar-refractivity contribution in [3.05, 3.63) is 59.4 Å². The van der Waals surface area contributed by atoms with Crippen LogP contribution in [0.2, 0.25) is 0 Å². The highest BCUT2D eigenvalue weighted by atomic mass is 19.4. The molecule has 2 aliphatic rings. The largest absolute Gasteiger partial charge is 0.468 e. The standard InChI is InChI=1S/C26H32F3N3O3/c1-17(26(27,28)29)18-4-6-19(7-5-18)23(33)32(21-8-9-21)22-10-13-25(14-11-22,24(34)35-3)20(12-15-30)16-31-2/h4-7,12,15-17,21-22H,2,8-11,13-14,30H2,1,3H3/b15-12-,20-16+/t17-,22?,25?/m1/s1. The minimum atomic E-state index is -4.34. The van der Waals surface area contributed by atoms with Crippen molar-refractivity contribution in [3.63, 3.8) is 0 Å². The maximum Gasteiger partial charge on any atom is 0.395 e. The average Bonchev–Trinajstić information content (AvgIpc) is 3.68. The Morgan fingerprint density at radius 3 is 2.20 bits per heavy atom. The van der Waals surface area contributed by atoms with Gasteiger partial charge < -0.3 is 15.4 Å². The predicted octanol–water partition coefficient (Wildman–Crippen LogP) is 5.12. The SMILES string of the molecule is C=N/C=C(\C=C/N)C1(C(=O)OC)CCC(N(C(=O)c2ccc([C@@H](C)C(F)(F)F)cc2)C2CC2)CC1. The molecule has 1 aromatic rings. The van der Waals surface area contributed by atoms with Gasteiger partial charge in [0.1, 0.15) is 0 Å². The molecule has 0 radical (unpaired) electrons. The molecule has 2 aliphatic carbocycles. The van der Waals surface area contributed by atoms with Gasteiger partial charge in [-0.05, 0) is 87.7 Å². The van der Waals surface area contributed by atoms with E-state index in [9.17, 15) is 22.8 Å². The Hall–Kier alpha value is -3.10. The number of ether oxygens (including phenoxy) is 1. The fourth-order valence-corrected chi connectivity index (χ4v) is 4.94. The maximum absolute atomic E-state index is 13.4. The third-order valence-corrected chi connectivity index (χ3v) is 7.16. The Morgan fingerprint density at radius 2 is 1.74 bits per heavy atom. The van der Waals surface area contributed by atoms with Gasteiger partial charge in [0.2, 0.25) is 0 Å². The molecule has 0 saturated heterocycles. The molecule has 190 valence electrons. The quantitative estimate of drug-likeness (QED) is 0.311. The van der Waals surface area contributed by atoms with Gasteiger partial charge in [0.25, 0.3) is 5.91 Å². The molecule has 2 N–H and O–H groups in total. The topological polar surface area (TPSA) is 85.0 Å². The third kappa shape index (κ3) is 5.60. The molecule has 9 heteroatoms. The zero-order chi connectivity index (χ0) is 25.8. The van der Waals surface area contributed by atoms with Gasteiger partial charge in [0, 0.05) is 23.8 Å². The van der Waals surface area contributed by atoms with Crippen LogP contribution in [-0.2, 0) is 9.53 Å².